The van der Waals surface area contributed by atoms with Gasteiger partial charge in [-0.3, -0.25) is 0 Å². The van der Waals surface area contributed by atoms with Crippen molar-refractivity contribution in [2.45, 2.75) is 0 Å². The molecule has 3 nitrogen and oxygen atoms in total. The maximum atomic E-state index is 4.69. The third kappa shape index (κ3) is 1.87. The molecular weight excluding hydrogens is 118 g/mol. The van der Waals surface area contributed by atoms with E-state index in [2.05, 4.69) is 11.5 Å². The molecule has 0 saturated carbocycles. The number of hydrogen-bond acceptors (Lipinski definition) is 3. The zero-order valence-electron chi connectivity index (χ0n) is 5.12. The van der Waals surface area contributed by atoms with Gasteiger partial charge in [0.25, 0.3) is 0 Å². The van der Waals surface area contributed by atoms with Gasteiger partial charge in [-0.15, -0.1) is 11.6 Å². The third-order valence-corrected chi connectivity index (χ3v) is 0.893. The van der Waals surface area contributed by atoms with Crippen LogP contribution in [0.5, 0.6) is 0 Å². The number of hydrogen-bond donors (Lipinski definition) is 0. The van der Waals surface area contributed by atoms with E-state index in [-0.39, 0.29) is 0 Å². The van der Waals surface area contributed by atoms with Crippen molar-refractivity contribution in [3.05, 3.63) is 24.9 Å². The lowest BCUT2D eigenvalue weighted by atomic mass is 10.6. The summed E-state index contributed by atoms with van der Waals surface area (Å²) in [5.74, 6) is 0. The molecule has 0 bridgehead atoms. The summed E-state index contributed by atoms with van der Waals surface area (Å²) >= 11 is 0. The summed E-state index contributed by atoms with van der Waals surface area (Å²) in [6.45, 7) is 4.71. The molecule has 9 heavy (non-hydrogen) atoms. The van der Waals surface area contributed by atoms with Crippen molar-refractivity contribution in [1.29, 1.82) is 0 Å². The van der Waals surface area contributed by atoms with Crippen LogP contribution in [0.3, 0.4) is 0 Å². The average Bonchev–Trinajstić information content (AvgIpc) is 1.91. The Hall–Kier alpha value is -0.800. The van der Waals surface area contributed by atoms with E-state index in [0.717, 1.165) is 0 Å². The topological polar surface area (TPSA) is 21.7 Å². The highest BCUT2D eigenvalue weighted by Gasteiger charge is 2.00. The van der Waals surface area contributed by atoms with E-state index < -0.39 is 0 Å². The van der Waals surface area contributed by atoms with Crippen LogP contribution in [-0.4, -0.2) is 18.2 Å². The Labute approximate surface area is 54.0 Å². The second-order valence-corrected chi connectivity index (χ2v) is 1.63. The third-order valence-electron chi connectivity index (χ3n) is 0.893. The van der Waals surface area contributed by atoms with Gasteiger partial charge in [0.15, 0.2) is 0 Å². The fourth-order valence-corrected chi connectivity index (χ4v) is 0.541. The van der Waals surface area contributed by atoms with Crippen molar-refractivity contribution in [2.75, 3.05) is 13.2 Å². The normalized spacial score (nSPS) is 18.0. The highest BCUT2D eigenvalue weighted by Crippen LogP contribution is 1.98. The predicted octanol–water partition coefficient (Wildman–Crippen LogP) is 0.865. The summed E-state index contributed by atoms with van der Waals surface area (Å²) in [7, 11) is 0. The van der Waals surface area contributed by atoms with Crippen molar-refractivity contribution >= 4 is 0 Å². The monoisotopic (exact) mass is 127 g/mol. The van der Waals surface area contributed by atoms with Gasteiger partial charge in [0, 0.05) is 6.20 Å². The smallest absolute Gasteiger partial charge is 0.105 e. The first-order valence-corrected chi connectivity index (χ1v) is 2.77. The molecule has 0 aromatic heterocycles. The Balaban J connectivity index is 2.31. The van der Waals surface area contributed by atoms with E-state index in [9.17, 15) is 0 Å². The van der Waals surface area contributed by atoms with E-state index >= 15 is 0 Å². The van der Waals surface area contributed by atoms with Gasteiger partial charge in [0.05, 0.1) is 6.54 Å². The van der Waals surface area contributed by atoms with Crippen molar-refractivity contribution < 1.29 is 9.88 Å². The molecule has 50 valence electrons. The molecule has 0 amide bonds. The first kappa shape index (κ1) is 6.32. The maximum Gasteiger partial charge on any atom is 0.105 e. The zero-order valence-corrected chi connectivity index (χ0v) is 5.12. The molecule has 1 rings (SSSR count). The van der Waals surface area contributed by atoms with Crippen LogP contribution in [0.1, 0.15) is 0 Å². The van der Waals surface area contributed by atoms with Crippen LogP contribution < -0.4 is 0 Å². The van der Waals surface area contributed by atoms with Crippen LogP contribution in [0, 0.1) is 0 Å². The molecule has 0 unspecified atom stereocenters. The second-order valence-electron chi connectivity index (χ2n) is 1.63. The summed E-state index contributed by atoms with van der Waals surface area (Å²) < 4.78 is 0. The van der Waals surface area contributed by atoms with Gasteiger partial charge >= 0.3 is 0 Å². The van der Waals surface area contributed by atoms with Gasteiger partial charge in [-0.25, -0.2) is 9.95 Å². The van der Waals surface area contributed by atoms with Crippen LogP contribution >= 0.6 is 0 Å². The largest absolute Gasteiger partial charge is 0.226 e. The van der Waals surface area contributed by atoms with Gasteiger partial charge in [-0.05, 0) is 6.08 Å². The molecule has 0 aromatic carbocycles. The quantitative estimate of drug-likeness (QED) is 0.405. The van der Waals surface area contributed by atoms with Gasteiger partial charge < -0.3 is 0 Å². The summed E-state index contributed by atoms with van der Waals surface area (Å²) in [5, 5.41) is 1.55. The summed E-state index contributed by atoms with van der Waals surface area (Å²) in [6, 6.07) is 0. The van der Waals surface area contributed by atoms with E-state index in [0.29, 0.717) is 13.2 Å². The Morgan fingerprint density at radius 1 is 1.78 bits per heavy atom. The standard InChI is InChI=1S/C6H9NO2/c1-2-4-7-5-3-6-8-9-7/h2-3,5H,1,4,6H2. The maximum absolute atomic E-state index is 4.69. The summed E-state index contributed by atoms with van der Waals surface area (Å²) in [4.78, 5) is 9.32. The van der Waals surface area contributed by atoms with E-state index in [1.54, 1.807) is 11.1 Å². The molecule has 1 aliphatic rings. The van der Waals surface area contributed by atoms with E-state index in [4.69, 9.17) is 4.99 Å². The average molecular weight is 127 g/mol. The SMILES string of the molecule is C=CCN1C=CCOO1. The Kier molecular flexibility index (Phi) is 2.30. The lowest BCUT2D eigenvalue weighted by Crippen LogP contribution is -2.21. The minimum atomic E-state index is 0.521. The van der Waals surface area contributed by atoms with Crippen LogP contribution in [-0.2, 0) is 9.88 Å². The molecule has 0 radical (unpaired) electrons. The first-order chi connectivity index (χ1) is 4.43. The van der Waals surface area contributed by atoms with Crippen LogP contribution in [0.15, 0.2) is 24.9 Å². The van der Waals surface area contributed by atoms with Gasteiger partial charge in [0.1, 0.15) is 6.61 Å². The molecule has 1 heterocycles. The molecule has 0 fully saturated rings. The number of rotatable bonds is 2. The Bertz CT molecular complexity index is 122. The minimum Gasteiger partial charge on any atom is -0.226 e. The number of hydroxylamine groups is 2. The second kappa shape index (κ2) is 3.27. The first-order valence-electron chi connectivity index (χ1n) is 2.77. The lowest BCUT2D eigenvalue weighted by molar-refractivity contribution is -0.410. The van der Waals surface area contributed by atoms with Crippen LogP contribution in [0.4, 0.5) is 0 Å². The van der Waals surface area contributed by atoms with Gasteiger partial charge in [-0.1, -0.05) is 6.08 Å². The Morgan fingerprint density at radius 2 is 2.67 bits per heavy atom. The van der Waals surface area contributed by atoms with Gasteiger partial charge in [0.2, 0.25) is 0 Å². The van der Waals surface area contributed by atoms with Crippen LogP contribution in [0.25, 0.3) is 0 Å². The molecule has 1 aliphatic heterocycles. The molecular formula is C6H9NO2. The summed E-state index contributed by atoms with van der Waals surface area (Å²) in [5.41, 5.74) is 0. The Morgan fingerprint density at radius 3 is 3.22 bits per heavy atom. The van der Waals surface area contributed by atoms with E-state index in [1.807, 2.05) is 12.3 Å². The molecule has 0 atom stereocenters. The molecule has 0 saturated heterocycles. The van der Waals surface area contributed by atoms with E-state index in [1.165, 1.54) is 0 Å². The zero-order chi connectivity index (χ0) is 6.53. The fourth-order valence-electron chi connectivity index (χ4n) is 0.541. The number of nitrogens with zero attached hydrogens (tertiary/aromatic N) is 1. The van der Waals surface area contributed by atoms with Crippen molar-refractivity contribution in [3.8, 4) is 0 Å². The van der Waals surface area contributed by atoms with Crippen molar-refractivity contribution in [2.24, 2.45) is 0 Å². The lowest BCUT2D eigenvalue weighted by Gasteiger charge is -2.18. The molecule has 3 heteroatoms. The fraction of sp³-hybridized carbons (Fsp3) is 0.333. The summed E-state index contributed by atoms with van der Waals surface area (Å²) in [6.07, 6.45) is 5.41. The molecule has 0 spiro atoms. The molecule has 0 aromatic rings. The molecule has 0 N–H and O–H groups in total. The molecule has 0 aliphatic carbocycles. The predicted molar refractivity (Wildman–Crippen MR) is 33.1 cm³/mol. The van der Waals surface area contributed by atoms with Crippen molar-refractivity contribution in [3.63, 3.8) is 0 Å². The van der Waals surface area contributed by atoms with Crippen molar-refractivity contribution in [1.82, 2.24) is 5.06 Å². The van der Waals surface area contributed by atoms with Gasteiger partial charge in [-0.2, -0.15) is 0 Å². The highest BCUT2D eigenvalue weighted by atomic mass is 17.3. The minimum absolute atomic E-state index is 0.521. The highest BCUT2D eigenvalue weighted by molar-refractivity contribution is 4.83. The van der Waals surface area contributed by atoms with Crippen LogP contribution in [0.2, 0.25) is 0 Å².